The van der Waals surface area contributed by atoms with Gasteiger partial charge in [0.1, 0.15) is 15.6 Å². The molecule has 88 valence electrons. The van der Waals surface area contributed by atoms with Crippen LogP contribution in [0.25, 0.3) is 0 Å². The third-order valence-electron chi connectivity index (χ3n) is 2.08. The molecule has 1 aromatic rings. The Hall–Kier alpha value is -1.23. The molecular formula is C11H15NO3S. The lowest BCUT2D eigenvalue weighted by Gasteiger charge is -2.00. The van der Waals surface area contributed by atoms with Crippen LogP contribution in [0.4, 0.5) is 0 Å². The quantitative estimate of drug-likeness (QED) is 0.746. The zero-order valence-corrected chi connectivity index (χ0v) is 10.0. The topological polar surface area (TPSA) is 64.1 Å². The van der Waals surface area contributed by atoms with Crippen LogP contribution in [0.1, 0.15) is 18.5 Å². The molecule has 0 fully saturated rings. The van der Waals surface area contributed by atoms with Crippen LogP contribution in [0.2, 0.25) is 0 Å². The Morgan fingerprint density at radius 3 is 2.69 bits per heavy atom. The van der Waals surface area contributed by atoms with Crippen LogP contribution in [0, 0.1) is 0 Å². The number of aromatic nitrogens is 1. The van der Waals surface area contributed by atoms with E-state index in [1.165, 1.54) is 6.26 Å². The van der Waals surface area contributed by atoms with Gasteiger partial charge in [-0.05, 0) is 18.6 Å². The van der Waals surface area contributed by atoms with E-state index in [0.717, 1.165) is 5.69 Å². The summed E-state index contributed by atoms with van der Waals surface area (Å²) in [4.78, 5) is 15.5. The lowest BCUT2D eigenvalue weighted by Crippen LogP contribution is -2.08. The summed E-state index contributed by atoms with van der Waals surface area (Å²) in [6.07, 6.45) is 3.79. The fourth-order valence-corrected chi connectivity index (χ4v) is 1.99. The van der Waals surface area contributed by atoms with Gasteiger partial charge in [0, 0.05) is 31.0 Å². The summed E-state index contributed by atoms with van der Waals surface area (Å²) in [5.74, 6) is 0.100. The molecule has 0 saturated heterocycles. The summed E-state index contributed by atoms with van der Waals surface area (Å²) in [5, 5.41) is 0. The first kappa shape index (κ1) is 12.8. The number of carbonyl (C=O) groups excluding carboxylic acids is 1. The van der Waals surface area contributed by atoms with E-state index in [4.69, 9.17) is 0 Å². The first-order valence-corrected chi connectivity index (χ1v) is 7.13. The monoisotopic (exact) mass is 241 g/mol. The van der Waals surface area contributed by atoms with E-state index in [2.05, 4.69) is 4.98 Å². The van der Waals surface area contributed by atoms with Gasteiger partial charge in [0.15, 0.2) is 0 Å². The van der Waals surface area contributed by atoms with Gasteiger partial charge in [0.25, 0.3) is 0 Å². The Labute approximate surface area is 95.6 Å². The molecule has 0 saturated carbocycles. The molecule has 1 rings (SSSR count). The van der Waals surface area contributed by atoms with Crippen molar-refractivity contribution in [1.29, 1.82) is 0 Å². The molecule has 0 bridgehead atoms. The van der Waals surface area contributed by atoms with E-state index in [9.17, 15) is 13.2 Å². The van der Waals surface area contributed by atoms with Crippen molar-refractivity contribution < 1.29 is 13.2 Å². The molecule has 4 nitrogen and oxygen atoms in total. The highest BCUT2D eigenvalue weighted by atomic mass is 32.2. The van der Waals surface area contributed by atoms with E-state index in [0.29, 0.717) is 12.8 Å². The van der Waals surface area contributed by atoms with E-state index in [1.54, 1.807) is 18.3 Å². The minimum Gasteiger partial charge on any atom is -0.299 e. The van der Waals surface area contributed by atoms with E-state index >= 15 is 0 Å². The van der Waals surface area contributed by atoms with E-state index in [1.807, 2.05) is 6.07 Å². The van der Waals surface area contributed by atoms with E-state index < -0.39 is 9.84 Å². The largest absolute Gasteiger partial charge is 0.299 e. The molecule has 0 spiro atoms. The zero-order valence-electron chi connectivity index (χ0n) is 9.22. The number of rotatable bonds is 6. The molecule has 5 heteroatoms. The Balaban J connectivity index is 2.32. The minimum absolute atomic E-state index is 0.0300. The number of ketones is 1. The van der Waals surface area contributed by atoms with Crippen molar-refractivity contribution in [2.75, 3.05) is 12.0 Å². The number of hydrogen-bond donors (Lipinski definition) is 0. The van der Waals surface area contributed by atoms with Crippen LogP contribution in [-0.4, -0.2) is 31.2 Å². The SMILES string of the molecule is CS(=O)(=O)CCCC(=O)Cc1ccccn1. The van der Waals surface area contributed by atoms with Crippen LogP contribution in [0.3, 0.4) is 0 Å². The Morgan fingerprint density at radius 2 is 2.12 bits per heavy atom. The van der Waals surface area contributed by atoms with Crippen LogP contribution in [0.5, 0.6) is 0 Å². The maximum atomic E-state index is 11.5. The third-order valence-corrected chi connectivity index (χ3v) is 3.11. The highest BCUT2D eigenvalue weighted by molar-refractivity contribution is 7.90. The fourth-order valence-electron chi connectivity index (χ4n) is 1.32. The standard InChI is InChI=1S/C11H15NO3S/c1-16(14,15)8-4-6-11(13)9-10-5-2-3-7-12-10/h2-3,5,7H,4,6,8-9H2,1H3. The van der Waals surface area contributed by atoms with Crippen LogP contribution >= 0.6 is 0 Å². The molecule has 0 amide bonds. The highest BCUT2D eigenvalue weighted by Gasteiger charge is 2.07. The molecule has 0 radical (unpaired) electrons. The van der Waals surface area contributed by atoms with E-state index in [-0.39, 0.29) is 18.0 Å². The minimum atomic E-state index is -2.96. The van der Waals surface area contributed by atoms with Crippen molar-refractivity contribution in [2.24, 2.45) is 0 Å². The summed E-state index contributed by atoms with van der Waals surface area (Å²) < 4.78 is 21.7. The third kappa shape index (κ3) is 5.60. The molecule has 0 aliphatic rings. The van der Waals surface area contributed by atoms with Gasteiger partial charge in [-0.2, -0.15) is 0 Å². The van der Waals surface area contributed by atoms with Crippen molar-refractivity contribution in [1.82, 2.24) is 4.98 Å². The number of hydrogen-bond acceptors (Lipinski definition) is 4. The Kier molecular flexibility index (Phi) is 4.61. The molecule has 0 atom stereocenters. The van der Waals surface area contributed by atoms with Crippen LogP contribution in [0.15, 0.2) is 24.4 Å². The first-order chi connectivity index (χ1) is 7.47. The molecule has 1 heterocycles. The van der Waals surface area contributed by atoms with Gasteiger partial charge in [-0.15, -0.1) is 0 Å². The Bertz CT molecular complexity index is 440. The maximum absolute atomic E-state index is 11.5. The highest BCUT2D eigenvalue weighted by Crippen LogP contribution is 2.01. The molecule has 16 heavy (non-hydrogen) atoms. The summed E-state index contributed by atoms with van der Waals surface area (Å²) in [5.41, 5.74) is 0.729. The number of pyridine rings is 1. The van der Waals surface area contributed by atoms with Gasteiger partial charge in [0.05, 0.1) is 5.75 Å². The van der Waals surface area contributed by atoms with Gasteiger partial charge in [0.2, 0.25) is 0 Å². The second-order valence-electron chi connectivity index (χ2n) is 3.77. The van der Waals surface area contributed by atoms with Gasteiger partial charge >= 0.3 is 0 Å². The second-order valence-corrected chi connectivity index (χ2v) is 6.03. The average molecular weight is 241 g/mol. The van der Waals surface area contributed by atoms with Crippen LogP contribution < -0.4 is 0 Å². The predicted octanol–water partition coefficient (Wildman–Crippen LogP) is 1.02. The number of sulfone groups is 1. The normalized spacial score (nSPS) is 11.3. The first-order valence-electron chi connectivity index (χ1n) is 5.07. The molecule has 0 unspecified atom stereocenters. The van der Waals surface area contributed by atoms with Crippen LogP contribution in [-0.2, 0) is 21.1 Å². The molecule has 1 aromatic heterocycles. The number of Topliss-reactive ketones (excluding diaryl/α,β-unsaturated/α-hetero) is 1. The second kappa shape index (κ2) is 5.75. The van der Waals surface area contributed by atoms with Gasteiger partial charge in [-0.25, -0.2) is 8.42 Å². The lowest BCUT2D eigenvalue weighted by atomic mass is 10.1. The molecule has 0 aromatic carbocycles. The molecular weight excluding hydrogens is 226 g/mol. The number of nitrogens with zero attached hydrogens (tertiary/aromatic N) is 1. The fraction of sp³-hybridized carbons (Fsp3) is 0.455. The molecule has 0 aliphatic heterocycles. The smallest absolute Gasteiger partial charge is 0.147 e. The molecule has 0 aliphatic carbocycles. The van der Waals surface area contributed by atoms with Gasteiger partial charge < -0.3 is 0 Å². The predicted molar refractivity (Wildman–Crippen MR) is 61.9 cm³/mol. The van der Waals surface area contributed by atoms with Crippen molar-refractivity contribution in [2.45, 2.75) is 19.3 Å². The van der Waals surface area contributed by atoms with Crippen molar-refractivity contribution in [3.63, 3.8) is 0 Å². The molecule has 0 N–H and O–H groups in total. The van der Waals surface area contributed by atoms with Gasteiger partial charge in [-0.3, -0.25) is 9.78 Å². The zero-order chi connectivity index (χ0) is 12.0. The number of carbonyl (C=O) groups is 1. The summed E-state index contributed by atoms with van der Waals surface area (Å²) in [6.45, 7) is 0. The summed E-state index contributed by atoms with van der Waals surface area (Å²) in [6, 6.07) is 5.40. The van der Waals surface area contributed by atoms with Crippen molar-refractivity contribution >= 4 is 15.6 Å². The maximum Gasteiger partial charge on any atom is 0.147 e. The lowest BCUT2D eigenvalue weighted by molar-refractivity contribution is -0.118. The average Bonchev–Trinajstić information content (AvgIpc) is 2.17. The van der Waals surface area contributed by atoms with Crippen molar-refractivity contribution in [3.8, 4) is 0 Å². The summed E-state index contributed by atoms with van der Waals surface area (Å²) in [7, 11) is -2.96. The summed E-state index contributed by atoms with van der Waals surface area (Å²) >= 11 is 0. The van der Waals surface area contributed by atoms with Crippen molar-refractivity contribution in [3.05, 3.63) is 30.1 Å². The Morgan fingerprint density at radius 1 is 1.38 bits per heavy atom. The van der Waals surface area contributed by atoms with Gasteiger partial charge in [-0.1, -0.05) is 6.07 Å².